The van der Waals surface area contributed by atoms with E-state index >= 15 is 0 Å². The molecule has 12 nitrogen and oxygen atoms in total. The van der Waals surface area contributed by atoms with Gasteiger partial charge >= 0.3 is 0 Å². The number of hydrogen-bond donors (Lipinski definition) is 7. The average Bonchev–Trinajstić information content (AvgIpc) is 3.43. The first-order valence-electron chi connectivity index (χ1n) is 15.8. The number of amides is 4. The summed E-state index contributed by atoms with van der Waals surface area (Å²) in [4.78, 5) is 60.9. The highest BCUT2D eigenvalue weighted by atomic mass is 16.2. The number of H-pyrrole nitrogens is 1. The SMILES string of the molecule is CC(C)CNC(=O)[C@H](Cc1ccccc1)NC(=O)[C@H](Cc1c[nH]c2ccccc12)NC(=O)[C@H](CCCN=C(N)N)NC(=O)C(C)C. The lowest BCUT2D eigenvalue weighted by Gasteiger charge is -2.26. The molecule has 1 heterocycles. The molecule has 0 saturated carbocycles. The van der Waals surface area contributed by atoms with Crippen molar-refractivity contribution in [1.82, 2.24) is 26.3 Å². The number of nitrogens with one attached hydrogen (secondary N) is 5. The van der Waals surface area contributed by atoms with E-state index in [2.05, 4.69) is 31.2 Å². The third-order valence-electron chi connectivity index (χ3n) is 7.43. The van der Waals surface area contributed by atoms with Gasteiger partial charge in [-0.25, -0.2) is 0 Å². The van der Waals surface area contributed by atoms with Crippen molar-refractivity contribution < 1.29 is 19.2 Å². The number of fused-ring (bicyclic) bond motifs is 1. The third kappa shape index (κ3) is 11.2. The number of benzene rings is 2. The molecule has 0 aliphatic rings. The van der Waals surface area contributed by atoms with Gasteiger partial charge in [0.1, 0.15) is 18.1 Å². The summed E-state index contributed by atoms with van der Waals surface area (Å²) in [5, 5.41) is 12.4. The molecule has 0 radical (unpaired) electrons. The smallest absolute Gasteiger partial charge is 0.243 e. The monoisotopic (exact) mass is 632 g/mol. The van der Waals surface area contributed by atoms with Gasteiger partial charge in [0.05, 0.1) is 0 Å². The van der Waals surface area contributed by atoms with Crippen LogP contribution in [-0.2, 0) is 32.0 Å². The van der Waals surface area contributed by atoms with E-state index in [9.17, 15) is 19.2 Å². The maximum atomic E-state index is 14.0. The Morgan fingerprint density at radius 3 is 2.02 bits per heavy atom. The van der Waals surface area contributed by atoms with Gasteiger partial charge in [-0.2, -0.15) is 0 Å². The highest BCUT2D eigenvalue weighted by Crippen LogP contribution is 2.19. The normalized spacial score (nSPS) is 13.1. The molecule has 248 valence electrons. The first-order chi connectivity index (χ1) is 21.9. The van der Waals surface area contributed by atoms with Crippen LogP contribution in [-0.4, -0.2) is 65.8 Å². The lowest BCUT2D eigenvalue weighted by molar-refractivity contribution is -0.134. The van der Waals surface area contributed by atoms with Crippen molar-refractivity contribution in [2.24, 2.45) is 28.3 Å². The van der Waals surface area contributed by atoms with Crippen molar-refractivity contribution in [3.05, 3.63) is 71.9 Å². The van der Waals surface area contributed by atoms with Crippen molar-refractivity contribution in [3.8, 4) is 0 Å². The number of hydrogen-bond acceptors (Lipinski definition) is 5. The molecule has 0 aliphatic heterocycles. The zero-order valence-electron chi connectivity index (χ0n) is 27.1. The molecule has 0 bridgehead atoms. The van der Waals surface area contributed by atoms with Crippen LogP contribution in [0.2, 0.25) is 0 Å². The molecule has 2 aromatic carbocycles. The van der Waals surface area contributed by atoms with E-state index in [-0.39, 0.29) is 55.4 Å². The minimum atomic E-state index is -1.06. The second-order valence-electron chi connectivity index (χ2n) is 12.2. The standard InChI is InChI=1S/C34H48N8O4/c1-21(2)19-39-31(44)28(17-23-11-6-5-7-12-23)41-33(46)29(18-24-20-38-26-14-9-8-13-25(24)26)42-32(45)27(40-30(43)22(3)4)15-10-16-37-34(35)36/h5-9,11-14,20-22,27-29,38H,10,15-19H2,1-4H3,(H,39,44)(H,40,43)(H,41,46)(H,42,45)(H4,35,36,37)/t27-,28-,29-/m0/s1. The number of rotatable bonds is 17. The second kappa shape index (κ2) is 17.6. The lowest BCUT2D eigenvalue weighted by atomic mass is 10.0. The Kier molecular flexibility index (Phi) is 13.6. The molecule has 3 aromatic rings. The number of carbonyl (C=O) groups is 4. The summed E-state index contributed by atoms with van der Waals surface area (Å²) in [6.45, 7) is 8.16. The summed E-state index contributed by atoms with van der Waals surface area (Å²) in [5.74, 6) is -1.87. The van der Waals surface area contributed by atoms with E-state index in [0.717, 1.165) is 22.0 Å². The molecule has 0 unspecified atom stereocenters. The number of aromatic amines is 1. The van der Waals surface area contributed by atoms with Gasteiger partial charge in [-0.15, -0.1) is 0 Å². The fourth-order valence-corrected chi connectivity index (χ4v) is 4.87. The van der Waals surface area contributed by atoms with Crippen LogP contribution in [0.3, 0.4) is 0 Å². The van der Waals surface area contributed by atoms with Crippen molar-refractivity contribution in [1.29, 1.82) is 0 Å². The van der Waals surface area contributed by atoms with Crippen molar-refractivity contribution >= 4 is 40.5 Å². The van der Waals surface area contributed by atoms with Crippen molar-refractivity contribution in [2.45, 2.75) is 71.5 Å². The Morgan fingerprint density at radius 1 is 0.761 bits per heavy atom. The van der Waals surface area contributed by atoms with Crippen molar-refractivity contribution in [2.75, 3.05) is 13.1 Å². The van der Waals surface area contributed by atoms with Crippen LogP contribution < -0.4 is 32.7 Å². The summed E-state index contributed by atoms with van der Waals surface area (Å²) in [7, 11) is 0. The molecule has 0 aliphatic carbocycles. The maximum absolute atomic E-state index is 14.0. The summed E-state index contributed by atoms with van der Waals surface area (Å²) in [5.41, 5.74) is 13.5. The topological polar surface area (TPSA) is 197 Å². The van der Waals surface area contributed by atoms with Crippen LogP contribution in [0.25, 0.3) is 10.9 Å². The first kappa shape index (κ1) is 35.6. The molecule has 46 heavy (non-hydrogen) atoms. The van der Waals surface area contributed by atoms with Crippen LogP contribution in [0.1, 0.15) is 51.7 Å². The molecule has 12 heteroatoms. The minimum absolute atomic E-state index is 0.0647. The molecule has 3 atom stereocenters. The molecule has 1 aromatic heterocycles. The zero-order valence-corrected chi connectivity index (χ0v) is 27.1. The quantitative estimate of drug-likeness (QED) is 0.0674. The van der Waals surface area contributed by atoms with Crippen LogP contribution >= 0.6 is 0 Å². The van der Waals surface area contributed by atoms with Gasteiger partial charge in [0.25, 0.3) is 0 Å². The molecule has 3 rings (SSSR count). The Hall–Kier alpha value is -4.87. The number of aliphatic imine (C=N–C) groups is 1. The molecule has 4 amide bonds. The molecule has 0 spiro atoms. The van der Waals surface area contributed by atoms with Gasteiger partial charge in [-0.3, -0.25) is 24.2 Å². The van der Waals surface area contributed by atoms with Crippen LogP contribution in [0.4, 0.5) is 0 Å². The highest BCUT2D eigenvalue weighted by molar-refractivity contribution is 5.95. The number of carbonyl (C=O) groups excluding carboxylic acids is 4. The summed E-state index contributed by atoms with van der Waals surface area (Å²) in [6.07, 6.45) is 2.88. The molecule has 0 fully saturated rings. The van der Waals surface area contributed by atoms with Gasteiger partial charge in [-0.1, -0.05) is 76.2 Å². The Bertz CT molecular complexity index is 1480. The van der Waals surface area contributed by atoms with Crippen LogP contribution in [0.15, 0.2) is 65.8 Å². The van der Waals surface area contributed by atoms with Gasteiger partial charge in [0, 0.05) is 48.9 Å². The van der Waals surface area contributed by atoms with Gasteiger partial charge < -0.3 is 37.7 Å². The molecule has 0 saturated heterocycles. The predicted molar refractivity (Wildman–Crippen MR) is 181 cm³/mol. The molecular formula is C34H48N8O4. The van der Waals surface area contributed by atoms with Gasteiger partial charge in [-0.05, 0) is 36.0 Å². The van der Waals surface area contributed by atoms with E-state index in [0.29, 0.717) is 13.0 Å². The van der Waals surface area contributed by atoms with Crippen LogP contribution in [0.5, 0.6) is 0 Å². The maximum Gasteiger partial charge on any atom is 0.243 e. The average molecular weight is 633 g/mol. The van der Waals surface area contributed by atoms with E-state index in [4.69, 9.17) is 11.5 Å². The van der Waals surface area contributed by atoms with Crippen LogP contribution in [0, 0.1) is 11.8 Å². The van der Waals surface area contributed by atoms with E-state index < -0.39 is 29.9 Å². The first-order valence-corrected chi connectivity index (χ1v) is 15.8. The third-order valence-corrected chi connectivity index (χ3v) is 7.43. The number of guanidine groups is 1. The summed E-state index contributed by atoms with van der Waals surface area (Å²) < 4.78 is 0. The highest BCUT2D eigenvalue weighted by Gasteiger charge is 2.31. The molecule has 9 N–H and O–H groups in total. The predicted octanol–water partition coefficient (Wildman–Crippen LogP) is 1.89. The summed E-state index contributed by atoms with van der Waals surface area (Å²) >= 11 is 0. The molecular weight excluding hydrogens is 584 g/mol. The largest absolute Gasteiger partial charge is 0.370 e. The van der Waals surface area contributed by atoms with Gasteiger partial charge in [0.2, 0.25) is 23.6 Å². The number of para-hydroxylation sites is 1. The zero-order chi connectivity index (χ0) is 33.6. The van der Waals surface area contributed by atoms with E-state index in [1.54, 1.807) is 20.0 Å². The van der Waals surface area contributed by atoms with E-state index in [1.807, 2.05) is 68.4 Å². The Balaban J connectivity index is 1.90. The van der Waals surface area contributed by atoms with Gasteiger partial charge in [0.15, 0.2) is 5.96 Å². The Morgan fingerprint density at radius 2 is 1.37 bits per heavy atom. The van der Waals surface area contributed by atoms with E-state index in [1.165, 1.54) is 0 Å². The fraction of sp³-hybridized carbons (Fsp3) is 0.441. The Labute approximate surface area is 270 Å². The number of nitrogens with zero attached hydrogens (tertiary/aromatic N) is 1. The number of aromatic nitrogens is 1. The summed E-state index contributed by atoms with van der Waals surface area (Å²) in [6, 6.07) is 14.2. The minimum Gasteiger partial charge on any atom is -0.370 e. The lowest BCUT2D eigenvalue weighted by Crippen LogP contribution is -2.58. The van der Waals surface area contributed by atoms with Crippen molar-refractivity contribution in [3.63, 3.8) is 0 Å². The second-order valence-corrected chi connectivity index (χ2v) is 12.2. The fourth-order valence-electron chi connectivity index (χ4n) is 4.87. The number of nitrogens with two attached hydrogens (primary N) is 2.